The van der Waals surface area contributed by atoms with Gasteiger partial charge >= 0.3 is 0 Å². The van der Waals surface area contributed by atoms with Crippen LogP contribution in [-0.4, -0.2) is 40.1 Å². The summed E-state index contributed by atoms with van der Waals surface area (Å²) >= 11 is 3.25. The first-order chi connectivity index (χ1) is 8.13. The molecular weight excluding hydrogens is 284 g/mol. The summed E-state index contributed by atoms with van der Waals surface area (Å²) in [7, 11) is 0. The van der Waals surface area contributed by atoms with E-state index in [1.54, 1.807) is 23.2 Å². The van der Waals surface area contributed by atoms with Crippen LogP contribution in [0.1, 0.15) is 23.7 Å². The van der Waals surface area contributed by atoms with Gasteiger partial charge in [-0.25, -0.2) is 4.98 Å². The molecule has 1 aliphatic rings. The van der Waals surface area contributed by atoms with Gasteiger partial charge in [-0.05, 0) is 40.4 Å². The van der Waals surface area contributed by atoms with Gasteiger partial charge in [-0.15, -0.1) is 0 Å². The number of nitrogens with zero attached hydrogens (tertiary/aromatic N) is 2. The first kappa shape index (κ1) is 12.5. The average Bonchev–Trinajstić information content (AvgIpc) is 2.69. The van der Waals surface area contributed by atoms with E-state index in [2.05, 4.69) is 27.8 Å². The highest BCUT2D eigenvalue weighted by atomic mass is 79.9. The van der Waals surface area contributed by atoms with Gasteiger partial charge in [0.15, 0.2) is 0 Å². The highest BCUT2D eigenvalue weighted by Gasteiger charge is 2.34. The molecule has 1 aromatic heterocycles. The number of hydrogen-bond donors (Lipinski definition) is 1. The van der Waals surface area contributed by atoms with E-state index >= 15 is 0 Å². The van der Waals surface area contributed by atoms with Crippen molar-refractivity contribution in [2.24, 2.45) is 5.92 Å². The molecule has 0 aliphatic carbocycles. The number of aliphatic hydroxyl groups excluding tert-OH is 1. The summed E-state index contributed by atoms with van der Waals surface area (Å²) in [4.78, 5) is 18.0. The van der Waals surface area contributed by atoms with Gasteiger partial charge < -0.3 is 10.0 Å². The maximum absolute atomic E-state index is 12.3. The van der Waals surface area contributed by atoms with Gasteiger partial charge in [0, 0.05) is 18.3 Å². The number of carbonyl (C=O) groups is 1. The molecule has 0 bridgehead atoms. The van der Waals surface area contributed by atoms with Crippen LogP contribution in [0.3, 0.4) is 0 Å². The Labute approximate surface area is 109 Å². The van der Waals surface area contributed by atoms with Crippen LogP contribution in [0.15, 0.2) is 22.9 Å². The Morgan fingerprint density at radius 2 is 2.47 bits per heavy atom. The number of pyridine rings is 1. The smallest absolute Gasteiger partial charge is 0.254 e. The van der Waals surface area contributed by atoms with Crippen LogP contribution in [0, 0.1) is 5.92 Å². The minimum atomic E-state index is -0.0607. The van der Waals surface area contributed by atoms with Crippen molar-refractivity contribution in [3.63, 3.8) is 0 Å². The van der Waals surface area contributed by atoms with Crippen molar-refractivity contribution in [2.75, 3.05) is 13.2 Å². The third-order valence-corrected chi connectivity index (χ3v) is 3.74. The molecule has 0 aromatic carbocycles. The molecule has 1 amide bonds. The summed E-state index contributed by atoms with van der Waals surface area (Å²) in [6, 6.07) is 3.35. The van der Waals surface area contributed by atoms with Crippen LogP contribution in [0.2, 0.25) is 0 Å². The second-order valence-electron chi connectivity index (χ2n) is 4.38. The third kappa shape index (κ3) is 2.50. The molecule has 92 valence electrons. The number of aliphatic hydroxyl groups is 1. The van der Waals surface area contributed by atoms with Crippen molar-refractivity contribution >= 4 is 21.8 Å². The predicted molar refractivity (Wildman–Crippen MR) is 67.6 cm³/mol. The Morgan fingerprint density at radius 3 is 3.12 bits per heavy atom. The van der Waals surface area contributed by atoms with Crippen LogP contribution in [0.25, 0.3) is 0 Å². The SMILES string of the molecule is CC1CCN(C(=O)c2ccnc(Br)c2)C1CO. The van der Waals surface area contributed by atoms with Gasteiger partial charge in [0.25, 0.3) is 5.91 Å². The lowest BCUT2D eigenvalue weighted by Crippen LogP contribution is -2.39. The topological polar surface area (TPSA) is 53.4 Å². The number of carbonyl (C=O) groups excluding carboxylic acids is 1. The first-order valence-electron chi connectivity index (χ1n) is 5.67. The molecule has 5 heteroatoms. The van der Waals surface area contributed by atoms with Gasteiger partial charge in [-0.1, -0.05) is 6.92 Å². The molecule has 2 heterocycles. The number of halogens is 1. The fraction of sp³-hybridized carbons (Fsp3) is 0.500. The van der Waals surface area contributed by atoms with Gasteiger partial charge in [0.05, 0.1) is 12.6 Å². The monoisotopic (exact) mass is 298 g/mol. The van der Waals surface area contributed by atoms with Crippen LogP contribution in [-0.2, 0) is 0 Å². The van der Waals surface area contributed by atoms with Gasteiger partial charge in [0.1, 0.15) is 4.60 Å². The van der Waals surface area contributed by atoms with E-state index in [9.17, 15) is 9.90 Å². The zero-order valence-corrected chi connectivity index (χ0v) is 11.2. The van der Waals surface area contributed by atoms with Crippen molar-refractivity contribution in [3.05, 3.63) is 28.5 Å². The largest absolute Gasteiger partial charge is 0.394 e. The minimum Gasteiger partial charge on any atom is -0.394 e. The van der Waals surface area contributed by atoms with E-state index in [0.717, 1.165) is 6.42 Å². The summed E-state index contributed by atoms with van der Waals surface area (Å²) in [6.07, 6.45) is 2.55. The van der Waals surface area contributed by atoms with Gasteiger partial charge in [0.2, 0.25) is 0 Å². The Bertz CT molecular complexity index is 425. The van der Waals surface area contributed by atoms with Crippen molar-refractivity contribution in [1.29, 1.82) is 0 Å². The van der Waals surface area contributed by atoms with Crippen LogP contribution >= 0.6 is 15.9 Å². The maximum Gasteiger partial charge on any atom is 0.254 e. The first-order valence-corrected chi connectivity index (χ1v) is 6.46. The lowest BCUT2D eigenvalue weighted by Gasteiger charge is -2.25. The van der Waals surface area contributed by atoms with E-state index < -0.39 is 0 Å². The second kappa shape index (κ2) is 5.14. The molecule has 17 heavy (non-hydrogen) atoms. The van der Waals surface area contributed by atoms with Crippen molar-refractivity contribution < 1.29 is 9.90 Å². The molecule has 1 N–H and O–H groups in total. The maximum atomic E-state index is 12.3. The zero-order chi connectivity index (χ0) is 12.4. The summed E-state index contributed by atoms with van der Waals surface area (Å²) in [6.45, 7) is 2.81. The molecule has 1 aliphatic heterocycles. The highest BCUT2D eigenvalue weighted by molar-refractivity contribution is 9.10. The molecule has 2 unspecified atom stereocenters. The predicted octanol–water partition coefficient (Wildman–Crippen LogP) is 1.69. The minimum absolute atomic E-state index is 0.0269. The van der Waals surface area contributed by atoms with E-state index in [0.29, 0.717) is 22.6 Å². The Morgan fingerprint density at radius 1 is 1.71 bits per heavy atom. The molecule has 2 atom stereocenters. The molecule has 0 spiro atoms. The van der Waals surface area contributed by atoms with Gasteiger partial charge in [-0.2, -0.15) is 0 Å². The van der Waals surface area contributed by atoms with E-state index in [1.165, 1.54) is 0 Å². The van der Waals surface area contributed by atoms with Crippen molar-refractivity contribution in [1.82, 2.24) is 9.88 Å². The molecular formula is C12H15BrN2O2. The summed E-state index contributed by atoms with van der Waals surface area (Å²) in [5.41, 5.74) is 0.611. The Kier molecular flexibility index (Phi) is 3.79. The number of amides is 1. The van der Waals surface area contributed by atoms with Crippen LogP contribution in [0.5, 0.6) is 0 Å². The molecule has 0 radical (unpaired) electrons. The van der Waals surface area contributed by atoms with Crippen molar-refractivity contribution in [3.8, 4) is 0 Å². The fourth-order valence-corrected chi connectivity index (χ4v) is 2.60. The zero-order valence-electron chi connectivity index (χ0n) is 9.64. The van der Waals surface area contributed by atoms with E-state index in [4.69, 9.17) is 0 Å². The van der Waals surface area contributed by atoms with Crippen LogP contribution < -0.4 is 0 Å². The summed E-state index contributed by atoms with van der Waals surface area (Å²) in [5.74, 6) is 0.325. The molecule has 1 fully saturated rings. The molecule has 2 rings (SSSR count). The quantitative estimate of drug-likeness (QED) is 0.846. The van der Waals surface area contributed by atoms with Gasteiger partial charge in [-0.3, -0.25) is 4.79 Å². The van der Waals surface area contributed by atoms with Crippen LogP contribution in [0.4, 0.5) is 0 Å². The van der Waals surface area contributed by atoms with Crippen molar-refractivity contribution in [2.45, 2.75) is 19.4 Å². The Hall–Kier alpha value is -0.940. The molecule has 1 saturated heterocycles. The molecule has 0 saturated carbocycles. The van der Waals surface area contributed by atoms with E-state index in [1.807, 2.05) is 0 Å². The normalized spacial score (nSPS) is 24.1. The Balaban J connectivity index is 2.20. The lowest BCUT2D eigenvalue weighted by molar-refractivity contribution is 0.0648. The fourth-order valence-electron chi connectivity index (χ4n) is 2.24. The molecule has 1 aromatic rings. The number of rotatable bonds is 2. The standard InChI is InChI=1S/C12H15BrN2O2/c1-8-3-5-15(10(8)7-16)12(17)9-2-4-14-11(13)6-9/h2,4,6,8,10,16H,3,5,7H2,1H3. The number of hydrogen-bond acceptors (Lipinski definition) is 3. The summed E-state index contributed by atoms with van der Waals surface area (Å²) < 4.78 is 0.649. The van der Waals surface area contributed by atoms with E-state index in [-0.39, 0.29) is 18.6 Å². The lowest BCUT2D eigenvalue weighted by atomic mass is 10.0. The number of aromatic nitrogens is 1. The average molecular weight is 299 g/mol. The number of likely N-dealkylation sites (tertiary alicyclic amines) is 1. The summed E-state index contributed by atoms with van der Waals surface area (Å²) in [5, 5.41) is 9.34. The molecule has 4 nitrogen and oxygen atoms in total. The second-order valence-corrected chi connectivity index (χ2v) is 5.19. The third-order valence-electron chi connectivity index (χ3n) is 3.30. The highest BCUT2D eigenvalue weighted by Crippen LogP contribution is 2.25.